The standard InChI is InChI=1S/C13H16O5.C2H6/c14-6-7-17-8-9-18-10-12(15)13(16)11-4-2-1-3-5-11;1-2/h1-5,14H,6-10H2;1-2H3. The molecule has 112 valence electrons. The smallest absolute Gasteiger partial charge is 0.231 e. The maximum Gasteiger partial charge on any atom is 0.231 e. The third kappa shape index (κ3) is 7.78. The molecule has 0 saturated carbocycles. The number of hydrogen-bond acceptors (Lipinski definition) is 5. The minimum Gasteiger partial charge on any atom is -0.394 e. The van der Waals surface area contributed by atoms with Gasteiger partial charge in [0.15, 0.2) is 0 Å². The minimum absolute atomic E-state index is 0.0502. The van der Waals surface area contributed by atoms with Crippen LogP contribution in [0, 0.1) is 0 Å². The summed E-state index contributed by atoms with van der Waals surface area (Å²) in [6.45, 7) is 4.43. The first kappa shape index (κ1) is 18.4. The van der Waals surface area contributed by atoms with Crippen LogP contribution >= 0.6 is 0 Å². The van der Waals surface area contributed by atoms with Gasteiger partial charge < -0.3 is 14.6 Å². The van der Waals surface area contributed by atoms with Crippen molar-refractivity contribution in [2.45, 2.75) is 13.8 Å². The quantitative estimate of drug-likeness (QED) is 0.422. The van der Waals surface area contributed by atoms with E-state index in [1.807, 2.05) is 13.8 Å². The number of carbonyl (C=O) groups is 2. The molecule has 0 fully saturated rings. The molecule has 0 atom stereocenters. The Morgan fingerprint density at radius 1 is 1.00 bits per heavy atom. The molecule has 0 radical (unpaired) electrons. The number of hydrogen-bond donors (Lipinski definition) is 1. The van der Waals surface area contributed by atoms with Crippen LogP contribution in [-0.2, 0) is 14.3 Å². The predicted octanol–water partition coefficient (Wildman–Crippen LogP) is 1.49. The minimum atomic E-state index is -0.580. The van der Waals surface area contributed by atoms with Gasteiger partial charge in [0.05, 0.1) is 26.4 Å². The largest absolute Gasteiger partial charge is 0.394 e. The van der Waals surface area contributed by atoms with Gasteiger partial charge in [-0.3, -0.25) is 9.59 Å². The molecule has 0 spiro atoms. The van der Waals surface area contributed by atoms with Crippen LogP contribution in [0.15, 0.2) is 30.3 Å². The van der Waals surface area contributed by atoms with E-state index in [1.165, 1.54) is 0 Å². The Kier molecular flexibility index (Phi) is 11.5. The molecule has 0 bridgehead atoms. The second kappa shape index (κ2) is 12.5. The van der Waals surface area contributed by atoms with Crippen molar-refractivity contribution in [1.29, 1.82) is 0 Å². The molecule has 0 heterocycles. The zero-order chi connectivity index (χ0) is 15.2. The molecule has 0 aromatic heterocycles. The van der Waals surface area contributed by atoms with Crippen molar-refractivity contribution in [3.05, 3.63) is 35.9 Å². The second-order valence-electron chi connectivity index (χ2n) is 3.51. The molecule has 0 aliphatic carbocycles. The Morgan fingerprint density at radius 3 is 2.20 bits per heavy atom. The Morgan fingerprint density at radius 2 is 1.60 bits per heavy atom. The summed E-state index contributed by atoms with van der Waals surface area (Å²) in [6.07, 6.45) is 0. The van der Waals surface area contributed by atoms with Gasteiger partial charge in [-0.2, -0.15) is 0 Å². The molecule has 5 heteroatoms. The number of Topliss-reactive ketones (excluding diaryl/α,β-unsaturated/α-hetero) is 2. The Bertz CT molecular complexity index is 375. The first-order valence-corrected chi connectivity index (χ1v) is 6.64. The number of carbonyl (C=O) groups excluding carboxylic acids is 2. The van der Waals surface area contributed by atoms with E-state index in [-0.39, 0.29) is 33.0 Å². The average Bonchev–Trinajstić information content (AvgIpc) is 2.52. The van der Waals surface area contributed by atoms with Gasteiger partial charge in [0, 0.05) is 5.56 Å². The fourth-order valence-corrected chi connectivity index (χ4v) is 1.27. The lowest BCUT2D eigenvalue weighted by atomic mass is 10.1. The van der Waals surface area contributed by atoms with Gasteiger partial charge in [-0.25, -0.2) is 0 Å². The first-order valence-electron chi connectivity index (χ1n) is 6.64. The zero-order valence-electron chi connectivity index (χ0n) is 12.0. The van der Waals surface area contributed by atoms with Gasteiger partial charge in [0.2, 0.25) is 11.6 Å². The Hall–Kier alpha value is -1.56. The lowest BCUT2D eigenvalue weighted by molar-refractivity contribution is -0.120. The number of ether oxygens (including phenoxy) is 2. The van der Waals surface area contributed by atoms with E-state index in [0.717, 1.165) is 0 Å². The summed E-state index contributed by atoms with van der Waals surface area (Å²) >= 11 is 0. The third-order valence-electron chi connectivity index (χ3n) is 2.13. The van der Waals surface area contributed by atoms with Crippen molar-refractivity contribution in [3.8, 4) is 0 Å². The zero-order valence-corrected chi connectivity index (χ0v) is 12.0. The van der Waals surface area contributed by atoms with Crippen LogP contribution in [0.1, 0.15) is 24.2 Å². The van der Waals surface area contributed by atoms with Crippen molar-refractivity contribution >= 4 is 11.6 Å². The summed E-state index contributed by atoms with van der Waals surface area (Å²) in [6, 6.07) is 8.35. The highest BCUT2D eigenvalue weighted by Gasteiger charge is 2.15. The summed E-state index contributed by atoms with van der Waals surface area (Å²) in [5.74, 6) is -1.13. The summed E-state index contributed by atoms with van der Waals surface area (Å²) in [5, 5.41) is 8.45. The van der Waals surface area contributed by atoms with Crippen molar-refractivity contribution < 1.29 is 24.2 Å². The van der Waals surface area contributed by atoms with Crippen molar-refractivity contribution in [1.82, 2.24) is 0 Å². The highest BCUT2D eigenvalue weighted by molar-refractivity contribution is 6.44. The van der Waals surface area contributed by atoms with E-state index in [4.69, 9.17) is 14.6 Å². The third-order valence-corrected chi connectivity index (χ3v) is 2.13. The van der Waals surface area contributed by atoms with Crippen molar-refractivity contribution in [3.63, 3.8) is 0 Å². The molecule has 1 aromatic carbocycles. The summed E-state index contributed by atoms with van der Waals surface area (Å²) < 4.78 is 9.95. The highest BCUT2D eigenvalue weighted by Crippen LogP contribution is 2.00. The molecular formula is C15H22O5. The van der Waals surface area contributed by atoms with Crippen LogP contribution in [0.4, 0.5) is 0 Å². The molecule has 1 rings (SSSR count). The van der Waals surface area contributed by atoms with Gasteiger partial charge >= 0.3 is 0 Å². The molecule has 5 nitrogen and oxygen atoms in total. The van der Waals surface area contributed by atoms with Crippen LogP contribution in [0.25, 0.3) is 0 Å². The SMILES string of the molecule is CC.O=C(COCCOCCO)C(=O)c1ccccc1. The molecule has 1 N–H and O–H groups in total. The van der Waals surface area contributed by atoms with E-state index >= 15 is 0 Å². The van der Waals surface area contributed by atoms with Gasteiger partial charge in [0.1, 0.15) is 6.61 Å². The molecule has 0 saturated heterocycles. The second-order valence-corrected chi connectivity index (χ2v) is 3.51. The van der Waals surface area contributed by atoms with Gasteiger partial charge in [-0.05, 0) is 0 Å². The summed E-state index contributed by atoms with van der Waals surface area (Å²) in [7, 11) is 0. The predicted molar refractivity (Wildman–Crippen MR) is 75.9 cm³/mol. The normalized spacial score (nSPS) is 9.55. The van der Waals surface area contributed by atoms with E-state index in [9.17, 15) is 9.59 Å². The Balaban J connectivity index is 0.00000172. The maximum atomic E-state index is 11.6. The summed E-state index contributed by atoms with van der Waals surface area (Å²) in [5.41, 5.74) is 0.364. The van der Waals surface area contributed by atoms with E-state index in [0.29, 0.717) is 5.56 Å². The molecule has 0 amide bonds. The highest BCUT2D eigenvalue weighted by atomic mass is 16.5. The van der Waals surface area contributed by atoms with Gasteiger partial charge in [0.25, 0.3) is 0 Å². The monoisotopic (exact) mass is 282 g/mol. The van der Waals surface area contributed by atoms with Crippen LogP contribution < -0.4 is 0 Å². The van der Waals surface area contributed by atoms with Gasteiger partial charge in [-0.1, -0.05) is 44.2 Å². The lowest BCUT2D eigenvalue weighted by Crippen LogP contribution is -2.21. The molecular weight excluding hydrogens is 260 g/mol. The fraction of sp³-hybridized carbons (Fsp3) is 0.467. The lowest BCUT2D eigenvalue weighted by Gasteiger charge is -2.04. The van der Waals surface area contributed by atoms with E-state index < -0.39 is 11.6 Å². The van der Waals surface area contributed by atoms with Crippen LogP contribution in [0.3, 0.4) is 0 Å². The van der Waals surface area contributed by atoms with E-state index in [2.05, 4.69) is 0 Å². The first-order chi connectivity index (χ1) is 9.75. The average molecular weight is 282 g/mol. The fourth-order valence-electron chi connectivity index (χ4n) is 1.27. The molecule has 0 aliphatic rings. The topological polar surface area (TPSA) is 72.8 Å². The number of rotatable bonds is 9. The van der Waals surface area contributed by atoms with Crippen LogP contribution in [0.5, 0.6) is 0 Å². The number of aliphatic hydroxyl groups is 1. The molecule has 1 aromatic rings. The van der Waals surface area contributed by atoms with E-state index in [1.54, 1.807) is 30.3 Å². The van der Waals surface area contributed by atoms with Crippen LogP contribution in [-0.4, -0.2) is 49.7 Å². The molecule has 0 aliphatic heterocycles. The number of benzene rings is 1. The van der Waals surface area contributed by atoms with Crippen LogP contribution in [0.2, 0.25) is 0 Å². The number of aliphatic hydroxyl groups excluding tert-OH is 1. The molecule has 20 heavy (non-hydrogen) atoms. The maximum absolute atomic E-state index is 11.6. The molecule has 0 unspecified atom stereocenters. The van der Waals surface area contributed by atoms with Gasteiger partial charge in [-0.15, -0.1) is 0 Å². The summed E-state index contributed by atoms with van der Waals surface area (Å²) in [4.78, 5) is 23.1. The van der Waals surface area contributed by atoms with Crippen molar-refractivity contribution in [2.75, 3.05) is 33.0 Å². The number of ketones is 2. The Labute approximate surface area is 119 Å². The van der Waals surface area contributed by atoms with Crippen molar-refractivity contribution in [2.24, 2.45) is 0 Å².